The van der Waals surface area contributed by atoms with Crippen LogP contribution in [0.25, 0.3) is 22.3 Å². The van der Waals surface area contributed by atoms with Crippen molar-refractivity contribution in [3.05, 3.63) is 63.5 Å². The topological polar surface area (TPSA) is 114 Å². The molecule has 0 aliphatic rings. The van der Waals surface area contributed by atoms with E-state index in [2.05, 4.69) is 20.3 Å². The van der Waals surface area contributed by atoms with Crippen LogP contribution in [0.5, 0.6) is 0 Å². The predicted octanol–water partition coefficient (Wildman–Crippen LogP) is 5.02. The number of anilines is 1. The van der Waals surface area contributed by atoms with Crippen LogP contribution in [0.15, 0.2) is 53.0 Å². The molecule has 0 aliphatic carbocycles. The second kappa shape index (κ2) is 8.25. The number of rotatable bonds is 6. The summed E-state index contributed by atoms with van der Waals surface area (Å²) < 4.78 is 0. The van der Waals surface area contributed by atoms with E-state index in [1.165, 1.54) is 35.2 Å². The quantitative estimate of drug-likeness (QED) is 0.248. The minimum atomic E-state index is -0.448. The Kier molecular flexibility index (Phi) is 5.51. The largest absolute Gasteiger partial charge is 0.333 e. The fourth-order valence-corrected chi connectivity index (χ4v) is 4.37. The summed E-state index contributed by atoms with van der Waals surface area (Å²) in [7, 11) is 0. The zero-order chi connectivity index (χ0) is 21.3. The molecule has 2 aromatic carbocycles. The molecule has 0 spiro atoms. The molecule has 152 valence electrons. The molecule has 1 amide bonds. The van der Waals surface area contributed by atoms with E-state index >= 15 is 0 Å². The Labute approximate surface area is 179 Å². The molecule has 2 heterocycles. The number of hydrogen-bond donors (Lipinski definition) is 2. The molecule has 0 saturated heterocycles. The maximum atomic E-state index is 12.6. The lowest BCUT2D eigenvalue weighted by atomic mass is 10.1. The number of imidazole rings is 1. The summed E-state index contributed by atoms with van der Waals surface area (Å²) >= 11 is 2.60. The molecule has 2 N–H and O–H groups in total. The molecule has 0 bridgehead atoms. The van der Waals surface area contributed by atoms with E-state index in [9.17, 15) is 14.9 Å². The molecular formula is C20H17N5O3S2. The van der Waals surface area contributed by atoms with Gasteiger partial charge in [-0.3, -0.25) is 14.9 Å². The fourth-order valence-electron chi connectivity index (χ4n) is 2.83. The molecule has 4 rings (SSSR count). The van der Waals surface area contributed by atoms with Crippen molar-refractivity contribution in [1.82, 2.24) is 15.0 Å². The van der Waals surface area contributed by atoms with Crippen LogP contribution in [0.4, 0.5) is 10.8 Å². The zero-order valence-electron chi connectivity index (χ0n) is 16.1. The zero-order valence-corrected chi connectivity index (χ0v) is 17.7. The molecule has 1 unspecified atom stereocenters. The molecule has 2 aromatic heterocycles. The highest BCUT2D eigenvalue weighted by Gasteiger charge is 2.18. The Balaban J connectivity index is 1.43. The third-order valence-electron chi connectivity index (χ3n) is 4.36. The molecule has 4 aromatic rings. The number of aromatic nitrogens is 3. The van der Waals surface area contributed by atoms with E-state index in [-0.39, 0.29) is 11.6 Å². The molecule has 0 aliphatic heterocycles. The Morgan fingerprint density at radius 2 is 2.10 bits per heavy atom. The van der Waals surface area contributed by atoms with Gasteiger partial charge in [-0.15, -0.1) is 11.3 Å². The number of carbonyl (C=O) groups excluding carboxylic acids is 1. The van der Waals surface area contributed by atoms with Crippen LogP contribution in [0.1, 0.15) is 12.5 Å². The van der Waals surface area contributed by atoms with Crippen LogP contribution in [-0.4, -0.2) is 31.0 Å². The number of non-ortho nitro benzene ring substituents is 1. The van der Waals surface area contributed by atoms with Crippen LogP contribution in [0.2, 0.25) is 0 Å². The number of hydrogen-bond acceptors (Lipinski definition) is 7. The first-order valence-electron chi connectivity index (χ1n) is 9.03. The van der Waals surface area contributed by atoms with Crippen molar-refractivity contribution in [2.75, 3.05) is 5.32 Å². The second-order valence-corrected chi connectivity index (χ2v) is 8.84. The Morgan fingerprint density at radius 1 is 1.27 bits per heavy atom. The van der Waals surface area contributed by atoms with Crippen LogP contribution in [0.3, 0.4) is 0 Å². The minimum Gasteiger partial charge on any atom is -0.333 e. The molecule has 8 nitrogen and oxygen atoms in total. The van der Waals surface area contributed by atoms with E-state index in [1.807, 2.05) is 25.1 Å². The lowest BCUT2D eigenvalue weighted by molar-refractivity contribution is -0.384. The summed E-state index contributed by atoms with van der Waals surface area (Å²) in [6.07, 6.45) is 0. The van der Waals surface area contributed by atoms with Gasteiger partial charge in [-0.05, 0) is 31.5 Å². The number of aromatic amines is 1. The van der Waals surface area contributed by atoms with Crippen molar-refractivity contribution in [2.45, 2.75) is 24.3 Å². The summed E-state index contributed by atoms with van der Waals surface area (Å²) in [5, 5.41) is 16.2. The van der Waals surface area contributed by atoms with Gasteiger partial charge >= 0.3 is 0 Å². The van der Waals surface area contributed by atoms with Crippen molar-refractivity contribution < 1.29 is 9.72 Å². The number of nitro benzene ring substituents is 1. The summed E-state index contributed by atoms with van der Waals surface area (Å²) in [4.78, 5) is 35.2. The lowest BCUT2D eigenvalue weighted by Gasteiger charge is -2.08. The van der Waals surface area contributed by atoms with Gasteiger partial charge < -0.3 is 10.3 Å². The summed E-state index contributed by atoms with van der Waals surface area (Å²) in [6, 6.07) is 12.2. The number of thiazole rings is 1. The molecule has 0 saturated carbocycles. The van der Waals surface area contributed by atoms with Gasteiger partial charge in [0.25, 0.3) is 5.69 Å². The SMILES string of the molecule is Cc1ccc2nc(SC(C)C(=O)Nc3nc(-c4cccc([N+](=O)[O-])c4)cs3)[nH]c2c1. The van der Waals surface area contributed by atoms with Crippen molar-refractivity contribution in [3.63, 3.8) is 0 Å². The number of benzene rings is 2. The number of nitro groups is 1. The van der Waals surface area contributed by atoms with E-state index in [0.717, 1.165) is 16.6 Å². The number of fused-ring (bicyclic) bond motifs is 1. The van der Waals surface area contributed by atoms with Crippen molar-refractivity contribution >= 4 is 50.9 Å². The van der Waals surface area contributed by atoms with Gasteiger partial charge in [-0.1, -0.05) is 30.0 Å². The van der Waals surface area contributed by atoms with Crippen molar-refractivity contribution in [2.24, 2.45) is 0 Å². The first kappa shape index (κ1) is 20.0. The number of aryl methyl sites for hydroxylation is 1. The number of nitrogens with one attached hydrogen (secondary N) is 2. The average molecular weight is 440 g/mol. The number of nitrogens with zero attached hydrogens (tertiary/aromatic N) is 3. The van der Waals surface area contributed by atoms with Gasteiger partial charge in [0.15, 0.2) is 10.3 Å². The summed E-state index contributed by atoms with van der Waals surface area (Å²) in [6.45, 7) is 3.81. The first-order chi connectivity index (χ1) is 14.4. The van der Waals surface area contributed by atoms with E-state index in [4.69, 9.17) is 0 Å². The van der Waals surface area contributed by atoms with Crippen molar-refractivity contribution in [1.29, 1.82) is 0 Å². The maximum Gasteiger partial charge on any atom is 0.270 e. The first-order valence-corrected chi connectivity index (χ1v) is 10.8. The fraction of sp³-hybridized carbons (Fsp3) is 0.150. The van der Waals surface area contributed by atoms with Crippen LogP contribution in [0, 0.1) is 17.0 Å². The Morgan fingerprint density at radius 3 is 2.90 bits per heavy atom. The highest BCUT2D eigenvalue weighted by Crippen LogP contribution is 2.29. The van der Waals surface area contributed by atoms with E-state index < -0.39 is 10.2 Å². The molecular weight excluding hydrogens is 422 g/mol. The summed E-state index contributed by atoms with van der Waals surface area (Å²) in [5.41, 5.74) is 4.13. The normalized spacial score (nSPS) is 12.1. The molecule has 1 atom stereocenters. The highest BCUT2D eigenvalue weighted by atomic mass is 32.2. The number of H-pyrrole nitrogens is 1. The average Bonchev–Trinajstić information content (AvgIpc) is 3.34. The highest BCUT2D eigenvalue weighted by molar-refractivity contribution is 8.00. The molecule has 0 radical (unpaired) electrons. The van der Waals surface area contributed by atoms with Gasteiger partial charge in [0.1, 0.15) is 0 Å². The Bertz CT molecular complexity index is 1250. The van der Waals surface area contributed by atoms with Gasteiger partial charge in [-0.25, -0.2) is 9.97 Å². The molecule has 30 heavy (non-hydrogen) atoms. The maximum absolute atomic E-state index is 12.6. The third kappa shape index (κ3) is 4.34. The van der Waals surface area contributed by atoms with Crippen LogP contribution < -0.4 is 5.32 Å². The van der Waals surface area contributed by atoms with E-state index in [0.29, 0.717) is 21.5 Å². The number of amides is 1. The third-order valence-corrected chi connectivity index (χ3v) is 6.10. The van der Waals surface area contributed by atoms with Gasteiger partial charge in [-0.2, -0.15) is 0 Å². The van der Waals surface area contributed by atoms with Crippen LogP contribution >= 0.6 is 23.1 Å². The van der Waals surface area contributed by atoms with Crippen molar-refractivity contribution in [3.8, 4) is 11.3 Å². The summed E-state index contributed by atoms with van der Waals surface area (Å²) in [5.74, 6) is -0.198. The van der Waals surface area contributed by atoms with E-state index in [1.54, 1.807) is 24.4 Å². The van der Waals surface area contributed by atoms with Gasteiger partial charge in [0.2, 0.25) is 5.91 Å². The molecule has 10 heteroatoms. The lowest BCUT2D eigenvalue weighted by Crippen LogP contribution is -2.22. The minimum absolute atomic E-state index is 0.00265. The van der Waals surface area contributed by atoms with Gasteiger partial charge in [0.05, 0.1) is 26.9 Å². The van der Waals surface area contributed by atoms with Crippen LogP contribution in [-0.2, 0) is 4.79 Å². The second-order valence-electron chi connectivity index (χ2n) is 6.66. The molecule has 0 fully saturated rings. The predicted molar refractivity (Wildman–Crippen MR) is 119 cm³/mol. The number of carbonyl (C=O) groups is 1. The monoisotopic (exact) mass is 439 g/mol. The standard InChI is InChI=1S/C20H17N5O3S2/c1-11-6-7-15-16(8-11)22-20(21-15)30-12(2)18(26)24-19-23-17(10-29-19)13-4-3-5-14(9-13)25(27)28/h3-10,12H,1-2H3,(H,21,22)(H,23,24,26). The smallest absolute Gasteiger partial charge is 0.270 e. The Hall–Kier alpha value is -3.24. The number of thioether (sulfide) groups is 1. The van der Waals surface area contributed by atoms with Gasteiger partial charge in [0, 0.05) is 23.1 Å².